The summed E-state index contributed by atoms with van der Waals surface area (Å²) >= 11 is 1.69. The zero-order valence-electron chi connectivity index (χ0n) is 8.16. The summed E-state index contributed by atoms with van der Waals surface area (Å²) in [5.41, 5.74) is 5.58. The van der Waals surface area contributed by atoms with Crippen molar-refractivity contribution >= 4 is 17.7 Å². The van der Waals surface area contributed by atoms with Crippen LogP contribution in [0.1, 0.15) is 19.8 Å². The van der Waals surface area contributed by atoms with Crippen molar-refractivity contribution in [2.45, 2.75) is 25.0 Å². The van der Waals surface area contributed by atoms with Crippen LogP contribution in [-0.2, 0) is 4.79 Å². The third kappa shape index (κ3) is 3.19. The second-order valence-electron chi connectivity index (χ2n) is 3.36. The molecule has 13 heavy (non-hydrogen) atoms. The molecule has 0 bridgehead atoms. The highest BCUT2D eigenvalue weighted by atomic mass is 32.2. The van der Waals surface area contributed by atoms with E-state index in [1.165, 1.54) is 0 Å². The van der Waals surface area contributed by atoms with Gasteiger partial charge in [0.25, 0.3) is 0 Å². The van der Waals surface area contributed by atoms with E-state index >= 15 is 0 Å². The molecule has 1 aliphatic rings. The standard InChI is InChI=1S/C9H18N2OS/c1-2-3-4-11-6-8(5-10)13-7-9(11)12/h8H,2-7,10H2,1H3. The molecule has 1 unspecified atom stereocenters. The lowest BCUT2D eigenvalue weighted by Crippen LogP contribution is -2.45. The minimum atomic E-state index is 0.281. The molecule has 0 aromatic carbocycles. The normalized spacial score (nSPS) is 23.7. The SMILES string of the molecule is CCCCN1CC(CN)SCC1=O. The van der Waals surface area contributed by atoms with Gasteiger partial charge in [0.2, 0.25) is 5.91 Å². The average molecular weight is 202 g/mol. The lowest BCUT2D eigenvalue weighted by atomic mass is 10.3. The Morgan fingerprint density at radius 3 is 3.08 bits per heavy atom. The smallest absolute Gasteiger partial charge is 0.232 e. The van der Waals surface area contributed by atoms with Gasteiger partial charge in [-0.3, -0.25) is 4.79 Å². The Morgan fingerprint density at radius 1 is 1.69 bits per heavy atom. The van der Waals surface area contributed by atoms with E-state index in [2.05, 4.69) is 6.92 Å². The van der Waals surface area contributed by atoms with Gasteiger partial charge in [0, 0.05) is 24.9 Å². The van der Waals surface area contributed by atoms with Gasteiger partial charge in [-0.15, -0.1) is 11.8 Å². The van der Waals surface area contributed by atoms with Crippen molar-refractivity contribution < 1.29 is 4.79 Å². The van der Waals surface area contributed by atoms with Crippen LogP contribution in [0, 0.1) is 0 Å². The van der Waals surface area contributed by atoms with Crippen LogP contribution in [0.2, 0.25) is 0 Å². The lowest BCUT2D eigenvalue weighted by Gasteiger charge is -2.31. The Balaban J connectivity index is 2.36. The first kappa shape index (κ1) is 10.9. The number of rotatable bonds is 4. The number of carbonyl (C=O) groups is 1. The summed E-state index contributed by atoms with van der Waals surface area (Å²) in [4.78, 5) is 13.4. The van der Waals surface area contributed by atoms with Crippen molar-refractivity contribution in [2.75, 3.05) is 25.4 Å². The van der Waals surface area contributed by atoms with Gasteiger partial charge in [-0.05, 0) is 6.42 Å². The number of carbonyl (C=O) groups excluding carboxylic acids is 1. The molecule has 1 fully saturated rings. The average Bonchev–Trinajstić information content (AvgIpc) is 2.17. The van der Waals surface area contributed by atoms with E-state index in [1.807, 2.05) is 4.90 Å². The maximum atomic E-state index is 11.4. The van der Waals surface area contributed by atoms with E-state index in [0.29, 0.717) is 17.5 Å². The molecule has 0 aliphatic carbocycles. The topological polar surface area (TPSA) is 46.3 Å². The number of amides is 1. The van der Waals surface area contributed by atoms with Crippen molar-refractivity contribution in [2.24, 2.45) is 5.73 Å². The molecule has 1 atom stereocenters. The third-order valence-corrected chi connectivity index (χ3v) is 3.49. The van der Waals surface area contributed by atoms with Crippen molar-refractivity contribution in [1.82, 2.24) is 4.90 Å². The zero-order chi connectivity index (χ0) is 9.68. The van der Waals surface area contributed by atoms with E-state index in [-0.39, 0.29) is 5.91 Å². The second kappa shape index (κ2) is 5.50. The predicted molar refractivity (Wildman–Crippen MR) is 56.8 cm³/mol. The van der Waals surface area contributed by atoms with Crippen molar-refractivity contribution in [3.63, 3.8) is 0 Å². The number of unbranched alkanes of at least 4 members (excludes halogenated alkanes) is 1. The zero-order valence-corrected chi connectivity index (χ0v) is 8.98. The highest BCUT2D eigenvalue weighted by molar-refractivity contribution is 8.00. The van der Waals surface area contributed by atoms with Crippen LogP contribution in [0.25, 0.3) is 0 Å². The molecule has 0 spiro atoms. The molecule has 0 saturated carbocycles. The van der Waals surface area contributed by atoms with E-state index in [4.69, 9.17) is 5.73 Å². The minimum Gasteiger partial charge on any atom is -0.341 e. The largest absolute Gasteiger partial charge is 0.341 e. The van der Waals surface area contributed by atoms with Gasteiger partial charge < -0.3 is 10.6 Å². The number of nitrogens with two attached hydrogens (primary N) is 1. The van der Waals surface area contributed by atoms with Gasteiger partial charge in [-0.1, -0.05) is 13.3 Å². The molecule has 1 amide bonds. The first-order chi connectivity index (χ1) is 6.27. The van der Waals surface area contributed by atoms with Crippen LogP contribution in [0.5, 0.6) is 0 Å². The van der Waals surface area contributed by atoms with Gasteiger partial charge >= 0.3 is 0 Å². The Morgan fingerprint density at radius 2 is 2.46 bits per heavy atom. The summed E-state index contributed by atoms with van der Waals surface area (Å²) in [7, 11) is 0. The van der Waals surface area contributed by atoms with Crippen LogP contribution in [0.3, 0.4) is 0 Å². The van der Waals surface area contributed by atoms with Crippen LogP contribution in [0.4, 0.5) is 0 Å². The first-order valence-corrected chi connectivity index (χ1v) is 5.92. The number of nitrogens with zero attached hydrogens (tertiary/aromatic N) is 1. The number of hydrogen-bond acceptors (Lipinski definition) is 3. The molecule has 3 nitrogen and oxygen atoms in total. The fourth-order valence-electron chi connectivity index (χ4n) is 1.39. The van der Waals surface area contributed by atoms with Crippen molar-refractivity contribution in [3.8, 4) is 0 Å². The van der Waals surface area contributed by atoms with Crippen LogP contribution >= 0.6 is 11.8 Å². The Labute approximate surface area is 84.0 Å². The van der Waals surface area contributed by atoms with Gasteiger partial charge in [-0.2, -0.15) is 0 Å². The van der Waals surface area contributed by atoms with Crippen LogP contribution < -0.4 is 5.73 Å². The Hall–Kier alpha value is -0.220. The highest BCUT2D eigenvalue weighted by Crippen LogP contribution is 2.18. The van der Waals surface area contributed by atoms with Gasteiger partial charge in [-0.25, -0.2) is 0 Å². The Kier molecular flexibility index (Phi) is 4.59. The maximum Gasteiger partial charge on any atom is 0.232 e. The fourth-order valence-corrected chi connectivity index (χ4v) is 2.37. The van der Waals surface area contributed by atoms with E-state index < -0.39 is 0 Å². The quantitative estimate of drug-likeness (QED) is 0.729. The lowest BCUT2D eigenvalue weighted by molar-refractivity contribution is -0.128. The Bertz CT molecular complexity index is 175. The molecular formula is C9H18N2OS. The van der Waals surface area contributed by atoms with Crippen molar-refractivity contribution in [1.29, 1.82) is 0 Å². The number of thioether (sulfide) groups is 1. The molecule has 1 aliphatic heterocycles. The van der Waals surface area contributed by atoms with E-state index in [1.54, 1.807) is 11.8 Å². The van der Waals surface area contributed by atoms with Crippen LogP contribution in [0.15, 0.2) is 0 Å². The molecular weight excluding hydrogens is 184 g/mol. The summed E-state index contributed by atoms with van der Waals surface area (Å²) in [5, 5.41) is 0.453. The second-order valence-corrected chi connectivity index (χ2v) is 4.65. The van der Waals surface area contributed by atoms with E-state index in [0.717, 1.165) is 25.9 Å². The fraction of sp³-hybridized carbons (Fsp3) is 0.889. The van der Waals surface area contributed by atoms with Crippen molar-refractivity contribution in [3.05, 3.63) is 0 Å². The molecule has 1 heterocycles. The maximum absolute atomic E-state index is 11.4. The molecule has 0 aromatic rings. The summed E-state index contributed by atoms with van der Waals surface area (Å²) in [6.07, 6.45) is 2.25. The molecule has 76 valence electrons. The molecule has 0 radical (unpaired) electrons. The summed E-state index contributed by atoms with van der Waals surface area (Å²) < 4.78 is 0. The highest BCUT2D eigenvalue weighted by Gasteiger charge is 2.24. The molecule has 1 saturated heterocycles. The first-order valence-electron chi connectivity index (χ1n) is 4.87. The molecule has 4 heteroatoms. The molecule has 2 N–H and O–H groups in total. The summed E-state index contributed by atoms with van der Waals surface area (Å²) in [6, 6.07) is 0. The van der Waals surface area contributed by atoms with E-state index in [9.17, 15) is 4.79 Å². The molecule has 0 aromatic heterocycles. The minimum absolute atomic E-state index is 0.281. The predicted octanol–water partition coefficient (Wildman–Crippen LogP) is 0.689. The number of hydrogen-bond donors (Lipinski definition) is 1. The van der Waals surface area contributed by atoms with Gasteiger partial charge in [0.15, 0.2) is 0 Å². The van der Waals surface area contributed by atoms with Gasteiger partial charge in [0.05, 0.1) is 5.75 Å². The third-order valence-electron chi connectivity index (χ3n) is 2.26. The van der Waals surface area contributed by atoms with Crippen LogP contribution in [-0.4, -0.2) is 41.4 Å². The summed E-state index contributed by atoms with van der Waals surface area (Å²) in [5.74, 6) is 0.897. The van der Waals surface area contributed by atoms with Gasteiger partial charge in [0.1, 0.15) is 0 Å². The monoisotopic (exact) mass is 202 g/mol. The molecule has 1 rings (SSSR count). The summed E-state index contributed by atoms with van der Waals surface area (Å²) in [6.45, 7) is 4.58.